The maximum absolute atomic E-state index is 3.72. The molecule has 0 radical (unpaired) electrons. The van der Waals surface area contributed by atoms with Crippen molar-refractivity contribution in [3.8, 4) is 0 Å². The highest BCUT2D eigenvalue weighted by atomic mass is 79.9. The number of benzene rings is 1. The lowest BCUT2D eigenvalue weighted by Gasteiger charge is -2.20. The average molecular weight is 342 g/mol. The Labute approximate surface area is 130 Å². The van der Waals surface area contributed by atoms with Crippen LogP contribution < -0.4 is 5.32 Å². The predicted molar refractivity (Wildman–Crippen MR) is 88.9 cm³/mol. The number of rotatable bonds is 7. The van der Waals surface area contributed by atoms with Gasteiger partial charge in [0.05, 0.1) is 0 Å². The van der Waals surface area contributed by atoms with Crippen molar-refractivity contribution in [3.05, 3.63) is 28.7 Å². The van der Waals surface area contributed by atoms with E-state index in [-0.39, 0.29) is 0 Å². The normalized spacial score (nSPS) is 22.8. The molecule has 0 spiro atoms. The van der Waals surface area contributed by atoms with E-state index in [2.05, 4.69) is 52.4 Å². The molecule has 1 N–H and O–H groups in total. The molecule has 1 aromatic rings. The largest absolute Gasteiger partial charge is 0.314 e. The topological polar surface area (TPSA) is 12.0 Å². The first kappa shape index (κ1) is 15.4. The van der Waals surface area contributed by atoms with Crippen LogP contribution in [0.5, 0.6) is 0 Å². The van der Waals surface area contributed by atoms with E-state index < -0.39 is 0 Å². The SMILES string of the molecule is CCCNC1CCCC1CCSc1ccc(Br)cc1. The van der Waals surface area contributed by atoms with Crippen LogP contribution in [0.25, 0.3) is 0 Å². The summed E-state index contributed by atoms with van der Waals surface area (Å²) in [6.45, 7) is 3.43. The minimum atomic E-state index is 0.783. The van der Waals surface area contributed by atoms with Crippen LogP contribution >= 0.6 is 27.7 Å². The zero-order valence-corrected chi connectivity index (χ0v) is 14.1. The van der Waals surface area contributed by atoms with Gasteiger partial charge in [0.2, 0.25) is 0 Å². The molecule has 1 fully saturated rings. The predicted octanol–water partition coefficient (Wildman–Crippen LogP) is 5.10. The van der Waals surface area contributed by atoms with Crippen LogP contribution in [0, 0.1) is 5.92 Å². The molecule has 106 valence electrons. The van der Waals surface area contributed by atoms with E-state index in [1.165, 1.54) is 49.3 Å². The first-order chi connectivity index (χ1) is 9.29. The Hall–Kier alpha value is 0.01000. The van der Waals surface area contributed by atoms with Gasteiger partial charge in [0, 0.05) is 15.4 Å². The van der Waals surface area contributed by atoms with Crippen molar-refractivity contribution >= 4 is 27.7 Å². The Morgan fingerprint density at radius 1 is 1.26 bits per heavy atom. The monoisotopic (exact) mass is 341 g/mol. The Balaban J connectivity index is 1.71. The molecular formula is C16H24BrNS. The molecule has 0 aromatic heterocycles. The van der Waals surface area contributed by atoms with Gasteiger partial charge in [0.25, 0.3) is 0 Å². The van der Waals surface area contributed by atoms with Gasteiger partial charge in [-0.3, -0.25) is 0 Å². The molecule has 0 amide bonds. The van der Waals surface area contributed by atoms with E-state index in [9.17, 15) is 0 Å². The molecule has 2 atom stereocenters. The zero-order chi connectivity index (χ0) is 13.5. The van der Waals surface area contributed by atoms with E-state index in [1.807, 2.05) is 11.8 Å². The summed E-state index contributed by atoms with van der Waals surface area (Å²) in [7, 11) is 0. The highest BCUT2D eigenvalue weighted by Crippen LogP contribution is 2.31. The fourth-order valence-corrected chi connectivity index (χ4v) is 4.09. The third kappa shape index (κ3) is 5.13. The van der Waals surface area contributed by atoms with Gasteiger partial charge < -0.3 is 5.32 Å². The number of hydrogen-bond donors (Lipinski definition) is 1. The molecule has 0 saturated heterocycles. The molecule has 1 aromatic carbocycles. The summed E-state index contributed by atoms with van der Waals surface area (Å²) in [5, 5.41) is 3.72. The Morgan fingerprint density at radius 2 is 2.05 bits per heavy atom. The quantitative estimate of drug-likeness (QED) is 0.692. The third-order valence-electron chi connectivity index (χ3n) is 3.89. The van der Waals surface area contributed by atoms with Crippen molar-refractivity contribution in [2.24, 2.45) is 5.92 Å². The Kier molecular flexibility index (Phi) is 6.75. The summed E-state index contributed by atoms with van der Waals surface area (Å²) in [5.41, 5.74) is 0. The van der Waals surface area contributed by atoms with Crippen molar-refractivity contribution in [2.45, 2.75) is 50.0 Å². The van der Waals surface area contributed by atoms with Gasteiger partial charge in [-0.2, -0.15) is 0 Å². The molecular weight excluding hydrogens is 318 g/mol. The highest BCUT2D eigenvalue weighted by Gasteiger charge is 2.25. The van der Waals surface area contributed by atoms with E-state index in [1.54, 1.807) is 0 Å². The second-order valence-corrected chi connectivity index (χ2v) is 7.43. The minimum Gasteiger partial charge on any atom is -0.314 e. The summed E-state index contributed by atoms with van der Waals surface area (Å²) >= 11 is 5.48. The summed E-state index contributed by atoms with van der Waals surface area (Å²) in [6, 6.07) is 9.45. The third-order valence-corrected chi connectivity index (χ3v) is 5.46. The minimum absolute atomic E-state index is 0.783. The lowest BCUT2D eigenvalue weighted by molar-refractivity contribution is 0.393. The summed E-state index contributed by atoms with van der Waals surface area (Å²) < 4.78 is 1.16. The highest BCUT2D eigenvalue weighted by molar-refractivity contribution is 9.10. The molecule has 0 heterocycles. The van der Waals surface area contributed by atoms with Crippen LogP contribution in [0.4, 0.5) is 0 Å². The van der Waals surface area contributed by atoms with Gasteiger partial charge in [-0.05, 0) is 68.2 Å². The van der Waals surface area contributed by atoms with Gasteiger partial charge in [0.15, 0.2) is 0 Å². The van der Waals surface area contributed by atoms with Gasteiger partial charge in [0.1, 0.15) is 0 Å². The average Bonchev–Trinajstić information content (AvgIpc) is 2.86. The number of thioether (sulfide) groups is 1. The van der Waals surface area contributed by atoms with E-state index >= 15 is 0 Å². The summed E-state index contributed by atoms with van der Waals surface area (Å²) in [6.07, 6.45) is 6.81. The lowest BCUT2D eigenvalue weighted by atomic mass is 10.0. The van der Waals surface area contributed by atoms with Crippen molar-refractivity contribution in [1.82, 2.24) is 5.32 Å². The van der Waals surface area contributed by atoms with Gasteiger partial charge in [-0.15, -0.1) is 11.8 Å². The van der Waals surface area contributed by atoms with Crippen LogP contribution in [0.1, 0.15) is 39.0 Å². The van der Waals surface area contributed by atoms with Crippen LogP contribution in [-0.4, -0.2) is 18.3 Å². The maximum atomic E-state index is 3.72. The van der Waals surface area contributed by atoms with Gasteiger partial charge in [-0.1, -0.05) is 29.3 Å². The number of hydrogen-bond acceptors (Lipinski definition) is 2. The van der Waals surface area contributed by atoms with Crippen molar-refractivity contribution in [3.63, 3.8) is 0 Å². The number of halogens is 1. The molecule has 1 nitrogen and oxygen atoms in total. The van der Waals surface area contributed by atoms with Gasteiger partial charge >= 0.3 is 0 Å². The lowest BCUT2D eigenvalue weighted by Crippen LogP contribution is -2.33. The van der Waals surface area contributed by atoms with Crippen molar-refractivity contribution < 1.29 is 0 Å². The maximum Gasteiger partial charge on any atom is 0.0176 e. The molecule has 0 aliphatic heterocycles. The molecule has 1 aliphatic rings. The first-order valence-electron chi connectivity index (χ1n) is 7.41. The fraction of sp³-hybridized carbons (Fsp3) is 0.625. The van der Waals surface area contributed by atoms with Crippen LogP contribution in [0.2, 0.25) is 0 Å². The molecule has 1 saturated carbocycles. The van der Waals surface area contributed by atoms with Crippen LogP contribution in [-0.2, 0) is 0 Å². The van der Waals surface area contributed by atoms with Crippen LogP contribution in [0.15, 0.2) is 33.6 Å². The Bertz CT molecular complexity index is 366. The molecule has 19 heavy (non-hydrogen) atoms. The molecule has 1 aliphatic carbocycles. The Morgan fingerprint density at radius 3 is 2.79 bits per heavy atom. The second-order valence-electron chi connectivity index (χ2n) is 5.34. The second kappa shape index (κ2) is 8.33. The standard InChI is InChI=1S/C16H24BrNS/c1-2-11-18-16-5-3-4-13(16)10-12-19-15-8-6-14(17)7-9-15/h6-9,13,16,18H,2-5,10-12H2,1H3. The molecule has 0 bridgehead atoms. The van der Waals surface area contributed by atoms with Crippen LogP contribution in [0.3, 0.4) is 0 Å². The zero-order valence-electron chi connectivity index (χ0n) is 11.7. The van der Waals surface area contributed by atoms with Crippen molar-refractivity contribution in [1.29, 1.82) is 0 Å². The molecule has 3 heteroatoms. The fourth-order valence-electron chi connectivity index (χ4n) is 2.84. The van der Waals surface area contributed by atoms with E-state index in [0.29, 0.717) is 0 Å². The van der Waals surface area contributed by atoms with E-state index in [4.69, 9.17) is 0 Å². The first-order valence-corrected chi connectivity index (χ1v) is 9.19. The smallest absolute Gasteiger partial charge is 0.0176 e. The van der Waals surface area contributed by atoms with E-state index in [0.717, 1.165) is 16.4 Å². The number of nitrogens with one attached hydrogen (secondary N) is 1. The van der Waals surface area contributed by atoms with Crippen molar-refractivity contribution in [2.75, 3.05) is 12.3 Å². The van der Waals surface area contributed by atoms with Gasteiger partial charge in [-0.25, -0.2) is 0 Å². The summed E-state index contributed by atoms with van der Waals surface area (Å²) in [4.78, 5) is 1.39. The summed E-state index contributed by atoms with van der Waals surface area (Å²) in [5.74, 6) is 2.14. The molecule has 2 rings (SSSR count). The molecule has 2 unspecified atom stereocenters.